The van der Waals surface area contributed by atoms with Gasteiger partial charge in [0.25, 0.3) is 0 Å². The lowest BCUT2D eigenvalue weighted by Gasteiger charge is -2.38. The van der Waals surface area contributed by atoms with Gasteiger partial charge in [0.2, 0.25) is 11.8 Å². The highest BCUT2D eigenvalue weighted by molar-refractivity contribution is 5.98. The predicted octanol–water partition coefficient (Wildman–Crippen LogP) is 2.50. The molecule has 1 rings (SSSR count). The molecule has 3 nitrogen and oxygen atoms in total. The molecule has 1 aliphatic rings. The van der Waals surface area contributed by atoms with E-state index in [0.717, 1.165) is 12.8 Å². The van der Waals surface area contributed by atoms with E-state index in [1.807, 2.05) is 0 Å². The van der Waals surface area contributed by atoms with Gasteiger partial charge in [-0.1, -0.05) is 27.7 Å². The SMILES string of the molecule is CC(C)CC1(CC(C)C)CC(=O)NC(=O)C1. The zero-order valence-electron chi connectivity index (χ0n) is 10.8. The summed E-state index contributed by atoms with van der Waals surface area (Å²) in [6, 6.07) is 0. The van der Waals surface area contributed by atoms with Gasteiger partial charge in [0.1, 0.15) is 0 Å². The summed E-state index contributed by atoms with van der Waals surface area (Å²) in [5.74, 6) is 0.852. The van der Waals surface area contributed by atoms with Gasteiger partial charge in [-0.2, -0.15) is 0 Å². The number of nitrogens with one attached hydrogen (secondary N) is 1. The van der Waals surface area contributed by atoms with E-state index in [4.69, 9.17) is 0 Å². The lowest BCUT2D eigenvalue weighted by Crippen LogP contribution is -2.45. The highest BCUT2D eigenvalue weighted by Crippen LogP contribution is 2.41. The van der Waals surface area contributed by atoms with Crippen LogP contribution >= 0.6 is 0 Å². The van der Waals surface area contributed by atoms with Gasteiger partial charge in [-0.25, -0.2) is 0 Å². The van der Waals surface area contributed by atoms with Crippen molar-refractivity contribution in [2.75, 3.05) is 0 Å². The number of hydrogen-bond donors (Lipinski definition) is 1. The third-order valence-electron chi connectivity index (χ3n) is 3.03. The molecule has 92 valence electrons. The Bertz CT molecular complexity index is 254. The molecule has 3 heteroatoms. The molecular formula is C13H23NO2. The van der Waals surface area contributed by atoms with Crippen LogP contribution < -0.4 is 5.32 Å². The fourth-order valence-electron chi connectivity index (χ4n) is 3.09. The van der Waals surface area contributed by atoms with Crippen molar-refractivity contribution < 1.29 is 9.59 Å². The van der Waals surface area contributed by atoms with Crippen LogP contribution in [0.3, 0.4) is 0 Å². The van der Waals surface area contributed by atoms with Crippen LogP contribution in [0.2, 0.25) is 0 Å². The first-order valence-corrected chi connectivity index (χ1v) is 6.16. The largest absolute Gasteiger partial charge is 0.296 e. The van der Waals surface area contributed by atoms with Gasteiger partial charge in [0, 0.05) is 12.8 Å². The molecule has 0 radical (unpaired) electrons. The lowest BCUT2D eigenvalue weighted by molar-refractivity contribution is -0.139. The van der Waals surface area contributed by atoms with Crippen molar-refractivity contribution in [2.24, 2.45) is 17.3 Å². The van der Waals surface area contributed by atoms with Gasteiger partial charge in [-0.3, -0.25) is 14.9 Å². The van der Waals surface area contributed by atoms with Gasteiger partial charge in [0.05, 0.1) is 0 Å². The Labute approximate surface area is 98.0 Å². The summed E-state index contributed by atoms with van der Waals surface area (Å²) < 4.78 is 0. The third-order valence-corrected chi connectivity index (χ3v) is 3.03. The van der Waals surface area contributed by atoms with Gasteiger partial charge in [-0.05, 0) is 30.1 Å². The maximum atomic E-state index is 11.5. The van der Waals surface area contributed by atoms with E-state index in [9.17, 15) is 9.59 Å². The van der Waals surface area contributed by atoms with Crippen LogP contribution in [0.15, 0.2) is 0 Å². The zero-order chi connectivity index (χ0) is 12.3. The fourth-order valence-corrected chi connectivity index (χ4v) is 3.09. The standard InChI is InChI=1S/C13H23NO2/c1-9(2)5-13(6-10(3)4)7-11(15)14-12(16)8-13/h9-10H,5-8H2,1-4H3,(H,14,15,16). The fraction of sp³-hybridized carbons (Fsp3) is 0.846. The summed E-state index contributed by atoms with van der Waals surface area (Å²) in [6.45, 7) is 8.61. The quantitative estimate of drug-likeness (QED) is 0.747. The maximum Gasteiger partial charge on any atom is 0.227 e. The minimum Gasteiger partial charge on any atom is -0.296 e. The summed E-state index contributed by atoms with van der Waals surface area (Å²) in [5.41, 5.74) is -0.0955. The molecule has 0 spiro atoms. The van der Waals surface area contributed by atoms with E-state index < -0.39 is 0 Å². The molecule has 1 N–H and O–H groups in total. The Kier molecular flexibility index (Phi) is 4.11. The topological polar surface area (TPSA) is 46.2 Å². The first-order chi connectivity index (χ1) is 7.33. The second-order valence-corrected chi connectivity index (χ2v) is 6.02. The van der Waals surface area contributed by atoms with E-state index in [1.54, 1.807) is 0 Å². The van der Waals surface area contributed by atoms with Crippen molar-refractivity contribution in [1.82, 2.24) is 5.32 Å². The third kappa shape index (κ3) is 3.62. The van der Waals surface area contributed by atoms with Crippen molar-refractivity contribution in [2.45, 2.75) is 53.4 Å². The number of imide groups is 1. The minimum atomic E-state index is -0.0995. The average molecular weight is 225 g/mol. The van der Waals surface area contributed by atoms with E-state index >= 15 is 0 Å². The van der Waals surface area contributed by atoms with Crippen LogP contribution in [0.4, 0.5) is 0 Å². The Morgan fingerprint density at radius 3 is 1.69 bits per heavy atom. The molecule has 0 unspecified atom stereocenters. The van der Waals surface area contributed by atoms with Crippen LogP contribution in [0.5, 0.6) is 0 Å². The molecule has 1 aliphatic heterocycles. The normalized spacial score (nSPS) is 20.4. The molecule has 0 aromatic carbocycles. The van der Waals surface area contributed by atoms with Crippen LogP contribution in [0.25, 0.3) is 0 Å². The second-order valence-electron chi connectivity index (χ2n) is 6.02. The second kappa shape index (κ2) is 4.98. The molecule has 0 bridgehead atoms. The van der Waals surface area contributed by atoms with Gasteiger partial charge in [0.15, 0.2) is 0 Å². The van der Waals surface area contributed by atoms with Crippen molar-refractivity contribution in [1.29, 1.82) is 0 Å². The summed E-state index contributed by atoms with van der Waals surface area (Å²) in [7, 11) is 0. The van der Waals surface area contributed by atoms with Crippen LogP contribution in [0, 0.1) is 17.3 Å². The zero-order valence-corrected chi connectivity index (χ0v) is 10.8. The molecule has 0 saturated carbocycles. The molecule has 2 amide bonds. The van der Waals surface area contributed by atoms with Crippen LogP contribution in [0.1, 0.15) is 53.4 Å². The lowest BCUT2D eigenvalue weighted by atomic mass is 9.68. The molecule has 0 atom stereocenters. The molecule has 0 aromatic heterocycles. The maximum absolute atomic E-state index is 11.5. The molecule has 0 aromatic rings. The van der Waals surface area contributed by atoms with E-state index in [0.29, 0.717) is 24.7 Å². The van der Waals surface area contributed by atoms with E-state index in [-0.39, 0.29) is 17.2 Å². The van der Waals surface area contributed by atoms with Crippen molar-refractivity contribution >= 4 is 11.8 Å². The number of carbonyl (C=O) groups is 2. The Morgan fingerprint density at radius 1 is 1.00 bits per heavy atom. The number of amides is 2. The number of hydrogen-bond acceptors (Lipinski definition) is 2. The predicted molar refractivity (Wildman–Crippen MR) is 63.7 cm³/mol. The van der Waals surface area contributed by atoms with Gasteiger partial charge in [-0.15, -0.1) is 0 Å². The minimum absolute atomic E-state index is 0.0955. The van der Waals surface area contributed by atoms with E-state index in [1.165, 1.54) is 0 Å². The number of piperidine rings is 1. The summed E-state index contributed by atoms with van der Waals surface area (Å²) in [5, 5.41) is 2.40. The smallest absolute Gasteiger partial charge is 0.227 e. The summed E-state index contributed by atoms with van der Waals surface area (Å²) >= 11 is 0. The molecular weight excluding hydrogens is 202 g/mol. The van der Waals surface area contributed by atoms with Gasteiger partial charge < -0.3 is 0 Å². The molecule has 1 heterocycles. The summed E-state index contributed by atoms with van der Waals surface area (Å²) in [6.07, 6.45) is 2.94. The number of carbonyl (C=O) groups excluding carboxylic acids is 2. The first-order valence-electron chi connectivity index (χ1n) is 6.16. The average Bonchev–Trinajstić information content (AvgIpc) is 1.95. The van der Waals surface area contributed by atoms with Crippen molar-refractivity contribution in [3.05, 3.63) is 0 Å². The molecule has 16 heavy (non-hydrogen) atoms. The molecule has 1 saturated heterocycles. The van der Waals surface area contributed by atoms with Crippen molar-refractivity contribution in [3.8, 4) is 0 Å². The number of rotatable bonds is 4. The monoisotopic (exact) mass is 225 g/mol. The first kappa shape index (κ1) is 13.2. The Hall–Kier alpha value is -0.860. The summed E-state index contributed by atoms with van der Waals surface area (Å²) in [4.78, 5) is 23.0. The highest BCUT2D eigenvalue weighted by Gasteiger charge is 2.40. The van der Waals surface area contributed by atoms with Crippen LogP contribution in [-0.4, -0.2) is 11.8 Å². The Balaban J connectivity index is 2.84. The molecule has 0 aliphatic carbocycles. The molecule has 1 fully saturated rings. The highest BCUT2D eigenvalue weighted by atomic mass is 16.2. The van der Waals surface area contributed by atoms with Gasteiger partial charge >= 0.3 is 0 Å². The Morgan fingerprint density at radius 2 is 1.38 bits per heavy atom. The van der Waals surface area contributed by atoms with Crippen molar-refractivity contribution in [3.63, 3.8) is 0 Å². The van der Waals surface area contributed by atoms with Crippen LogP contribution in [-0.2, 0) is 9.59 Å². The van der Waals surface area contributed by atoms with E-state index in [2.05, 4.69) is 33.0 Å².